The van der Waals surface area contributed by atoms with Gasteiger partial charge in [-0.25, -0.2) is 9.78 Å². The van der Waals surface area contributed by atoms with E-state index in [9.17, 15) is 9.59 Å². The minimum atomic E-state index is -0.481. The molecule has 2 aromatic heterocycles. The molecular weight excluding hydrogens is 358 g/mol. The lowest BCUT2D eigenvalue weighted by Gasteiger charge is -2.22. The van der Waals surface area contributed by atoms with Crippen LogP contribution in [0.2, 0.25) is 0 Å². The Labute approximate surface area is 162 Å². The van der Waals surface area contributed by atoms with Crippen LogP contribution in [0.3, 0.4) is 0 Å². The van der Waals surface area contributed by atoms with E-state index in [2.05, 4.69) is 15.2 Å². The Hall–Kier alpha value is -3.55. The maximum Gasteiger partial charge on any atom is 0.356 e. The largest absolute Gasteiger partial charge is 0.464 e. The first kappa shape index (κ1) is 19.2. The van der Waals surface area contributed by atoms with Gasteiger partial charge in [0.1, 0.15) is 5.69 Å². The van der Waals surface area contributed by atoms with Gasteiger partial charge >= 0.3 is 5.97 Å². The summed E-state index contributed by atoms with van der Waals surface area (Å²) in [5.74, 6) is -0.592. The number of hydrogen-bond donors (Lipinski definition) is 0. The summed E-state index contributed by atoms with van der Waals surface area (Å²) < 4.78 is 4.70. The van der Waals surface area contributed by atoms with E-state index in [1.807, 2.05) is 31.2 Å². The van der Waals surface area contributed by atoms with Crippen molar-refractivity contribution in [2.24, 2.45) is 0 Å². The molecule has 1 aromatic carbocycles. The number of para-hydroxylation sites is 1. The van der Waals surface area contributed by atoms with Gasteiger partial charge in [-0.15, -0.1) is 0 Å². The zero-order valence-electron chi connectivity index (χ0n) is 15.8. The molecule has 0 aliphatic heterocycles. The first-order chi connectivity index (χ1) is 13.6. The van der Waals surface area contributed by atoms with Gasteiger partial charge in [0.25, 0.3) is 5.91 Å². The first-order valence-electron chi connectivity index (χ1n) is 8.93. The van der Waals surface area contributed by atoms with Crippen molar-refractivity contribution in [3.05, 3.63) is 71.8 Å². The van der Waals surface area contributed by atoms with Crippen LogP contribution in [-0.2, 0) is 11.2 Å². The summed E-state index contributed by atoms with van der Waals surface area (Å²) in [6.07, 6.45) is 3.66. The Morgan fingerprint density at radius 3 is 2.54 bits per heavy atom. The summed E-state index contributed by atoms with van der Waals surface area (Å²) >= 11 is 0. The zero-order valence-corrected chi connectivity index (χ0v) is 15.8. The van der Waals surface area contributed by atoms with Crippen LogP contribution in [-0.4, -0.2) is 57.0 Å². The van der Waals surface area contributed by atoms with Gasteiger partial charge in [-0.2, -0.15) is 15.0 Å². The number of benzene rings is 1. The summed E-state index contributed by atoms with van der Waals surface area (Å²) in [6.45, 7) is 2.93. The highest BCUT2D eigenvalue weighted by Gasteiger charge is 2.19. The molecule has 0 bridgehead atoms. The van der Waals surface area contributed by atoms with Crippen LogP contribution >= 0.6 is 0 Å². The molecule has 3 aromatic rings. The number of carbonyl (C=O) groups is 2. The van der Waals surface area contributed by atoms with E-state index in [0.717, 1.165) is 5.69 Å². The van der Waals surface area contributed by atoms with Crippen LogP contribution in [0.15, 0.2) is 54.9 Å². The second-order valence-corrected chi connectivity index (χ2v) is 5.98. The van der Waals surface area contributed by atoms with Crippen molar-refractivity contribution in [2.45, 2.75) is 13.3 Å². The number of pyridine rings is 1. The number of ether oxygens (including phenoxy) is 1. The number of nitrogens with zero attached hydrogens (tertiary/aromatic N) is 5. The molecular formula is C20H21N5O3. The van der Waals surface area contributed by atoms with E-state index in [-0.39, 0.29) is 11.6 Å². The van der Waals surface area contributed by atoms with Gasteiger partial charge in [0, 0.05) is 25.2 Å². The molecule has 8 nitrogen and oxygen atoms in total. The van der Waals surface area contributed by atoms with Crippen LogP contribution in [0.5, 0.6) is 0 Å². The molecule has 8 heteroatoms. The molecule has 144 valence electrons. The SMILES string of the molecule is CCN(CCc1cccc(C(=O)OC)n1)C(=O)c1ccccc1-n1nccn1. The lowest BCUT2D eigenvalue weighted by molar-refractivity contribution is 0.0593. The van der Waals surface area contributed by atoms with Crippen molar-refractivity contribution in [3.8, 4) is 5.69 Å². The van der Waals surface area contributed by atoms with E-state index in [4.69, 9.17) is 4.74 Å². The summed E-state index contributed by atoms with van der Waals surface area (Å²) in [4.78, 5) is 32.2. The number of hydrogen-bond acceptors (Lipinski definition) is 6. The number of esters is 1. The fraction of sp³-hybridized carbons (Fsp3) is 0.250. The minimum absolute atomic E-state index is 0.112. The van der Waals surface area contributed by atoms with Crippen LogP contribution < -0.4 is 0 Å². The van der Waals surface area contributed by atoms with Gasteiger partial charge in [-0.05, 0) is 31.2 Å². The van der Waals surface area contributed by atoms with Crippen LogP contribution in [0.25, 0.3) is 5.69 Å². The van der Waals surface area contributed by atoms with Gasteiger partial charge in [-0.1, -0.05) is 18.2 Å². The van der Waals surface area contributed by atoms with Gasteiger partial charge in [0.2, 0.25) is 0 Å². The zero-order chi connectivity index (χ0) is 19.9. The summed E-state index contributed by atoms with van der Waals surface area (Å²) in [5, 5.41) is 8.25. The van der Waals surface area contributed by atoms with E-state index in [1.165, 1.54) is 11.9 Å². The van der Waals surface area contributed by atoms with Crippen molar-refractivity contribution in [3.63, 3.8) is 0 Å². The predicted octanol–water partition coefficient (Wildman–Crippen LogP) is 2.15. The highest BCUT2D eigenvalue weighted by molar-refractivity contribution is 5.97. The van der Waals surface area contributed by atoms with Crippen molar-refractivity contribution in [1.82, 2.24) is 24.9 Å². The Morgan fingerprint density at radius 1 is 1.07 bits per heavy atom. The number of aromatic nitrogens is 4. The lowest BCUT2D eigenvalue weighted by atomic mass is 10.1. The lowest BCUT2D eigenvalue weighted by Crippen LogP contribution is -2.33. The molecule has 0 saturated carbocycles. The number of rotatable bonds is 7. The van der Waals surface area contributed by atoms with Crippen molar-refractivity contribution in [1.29, 1.82) is 0 Å². The van der Waals surface area contributed by atoms with Gasteiger partial charge in [0.15, 0.2) is 0 Å². The Bertz CT molecular complexity index is 956. The van der Waals surface area contributed by atoms with E-state index in [1.54, 1.807) is 35.5 Å². The van der Waals surface area contributed by atoms with Gasteiger partial charge < -0.3 is 9.64 Å². The minimum Gasteiger partial charge on any atom is -0.464 e. The van der Waals surface area contributed by atoms with Crippen LogP contribution in [0.4, 0.5) is 0 Å². The smallest absolute Gasteiger partial charge is 0.356 e. The van der Waals surface area contributed by atoms with Gasteiger partial charge in [0.05, 0.1) is 30.8 Å². The highest BCUT2D eigenvalue weighted by atomic mass is 16.5. The summed E-state index contributed by atoms with van der Waals surface area (Å²) in [6, 6.07) is 12.4. The third-order valence-corrected chi connectivity index (χ3v) is 4.28. The fourth-order valence-electron chi connectivity index (χ4n) is 2.83. The molecule has 3 rings (SSSR count). The Kier molecular flexibility index (Phi) is 6.11. The van der Waals surface area contributed by atoms with Crippen LogP contribution in [0, 0.1) is 0 Å². The molecule has 1 amide bonds. The summed E-state index contributed by atoms with van der Waals surface area (Å²) in [7, 11) is 1.32. The molecule has 0 fully saturated rings. The monoisotopic (exact) mass is 379 g/mol. The fourth-order valence-corrected chi connectivity index (χ4v) is 2.83. The van der Waals surface area contributed by atoms with Crippen molar-refractivity contribution in [2.75, 3.05) is 20.2 Å². The maximum atomic E-state index is 13.1. The predicted molar refractivity (Wildman–Crippen MR) is 102 cm³/mol. The maximum absolute atomic E-state index is 13.1. The quantitative estimate of drug-likeness (QED) is 0.584. The molecule has 0 aliphatic rings. The Balaban J connectivity index is 1.76. The Morgan fingerprint density at radius 2 is 1.82 bits per heavy atom. The number of methoxy groups -OCH3 is 1. The van der Waals surface area contributed by atoms with Crippen molar-refractivity contribution >= 4 is 11.9 Å². The molecule has 0 saturated heterocycles. The second kappa shape index (κ2) is 8.90. The molecule has 2 heterocycles. The number of amides is 1. The third-order valence-electron chi connectivity index (χ3n) is 4.28. The average Bonchev–Trinajstić information content (AvgIpc) is 3.28. The average molecular weight is 379 g/mol. The molecule has 0 radical (unpaired) electrons. The summed E-state index contributed by atoms with van der Waals surface area (Å²) in [5.41, 5.74) is 2.12. The topological polar surface area (TPSA) is 90.2 Å². The number of carbonyl (C=O) groups excluding carboxylic acids is 2. The highest BCUT2D eigenvalue weighted by Crippen LogP contribution is 2.15. The molecule has 0 atom stereocenters. The molecule has 0 aliphatic carbocycles. The van der Waals surface area contributed by atoms with E-state index >= 15 is 0 Å². The number of likely N-dealkylation sites (N-methyl/N-ethyl adjacent to an activating group) is 1. The third kappa shape index (κ3) is 4.22. The van der Waals surface area contributed by atoms with E-state index in [0.29, 0.717) is 30.8 Å². The standard InChI is InChI=1S/C20H21N5O3/c1-3-24(14-11-15-7-6-9-17(23-15)20(27)28-2)19(26)16-8-4-5-10-18(16)25-21-12-13-22-25/h4-10,12-13H,3,11,14H2,1-2H3. The molecule has 0 unspecified atom stereocenters. The van der Waals surface area contributed by atoms with E-state index < -0.39 is 5.97 Å². The normalized spacial score (nSPS) is 10.5. The molecule has 0 N–H and O–H groups in total. The molecule has 28 heavy (non-hydrogen) atoms. The second-order valence-electron chi connectivity index (χ2n) is 5.98. The van der Waals surface area contributed by atoms with Gasteiger partial charge in [-0.3, -0.25) is 4.79 Å². The molecule has 0 spiro atoms. The first-order valence-corrected chi connectivity index (χ1v) is 8.93. The van der Waals surface area contributed by atoms with Crippen LogP contribution in [0.1, 0.15) is 33.5 Å². The van der Waals surface area contributed by atoms with Crippen molar-refractivity contribution < 1.29 is 14.3 Å².